The van der Waals surface area contributed by atoms with Gasteiger partial charge >= 0.3 is 0 Å². The van der Waals surface area contributed by atoms with Crippen LogP contribution in [0.4, 0.5) is 5.69 Å². The summed E-state index contributed by atoms with van der Waals surface area (Å²) in [6.45, 7) is 7.78. The van der Waals surface area contributed by atoms with Gasteiger partial charge in [-0.1, -0.05) is 11.6 Å². The van der Waals surface area contributed by atoms with Crippen LogP contribution in [0.1, 0.15) is 25.4 Å². The van der Waals surface area contributed by atoms with Crippen LogP contribution in [0, 0.1) is 6.92 Å². The zero-order valence-electron chi connectivity index (χ0n) is 12.4. The molecule has 21 heavy (non-hydrogen) atoms. The first kappa shape index (κ1) is 15.4. The monoisotopic (exact) mass is 307 g/mol. The molecule has 0 aliphatic rings. The van der Waals surface area contributed by atoms with Gasteiger partial charge in [0.1, 0.15) is 11.7 Å². The van der Waals surface area contributed by atoms with Crippen molar-refractivity contribution in [2.24, 2.45) is 0 Å². The molecule has 0 aromatic carbocycles. The first-order valence-corrected chi connectivity index (χ1v) is 7.23. The quantitative estimate of drug-likeness (QED) is 0.789. The van der Waals surface area contributed by atoms with Crippen molar-refractivity contribution >= 4 is 17.3 Å². The molecular formula is C14H18ClN5O. The summed E-state index contributed by atoms with van der Waals surface area (Å²) in [5, 5.41) is 4.56. The van der Waals surface area contributed by atoms with Gasteiger partial charge in [0.05, 0.1) is 11.9 Å². The summed E-state index contributed by atoms with van der Waals surface area (Å²) in [5.74, 6) is 0.477. The van der Waals surface area contributed by atoms with Crippen LogP contribution < -0.4 is 10.5 Å². The van der Waals surface area contributed by atoms with Crippen molar-refractivity contribution < 1.29 is 0 Å². The first-order chi connectivity index (χ1) is 10.0. The molecule has 0 spiro atoms. The van der Waals surface area contributed by atoms with E-state index in [0.717, 1.165) is 24.5 Å². The Hall–Kier alpha value is -1.95. The lowest BCUT2D eigenvalue weighted by Crippen LogP contribution is -2.28. The first-order valence-electron chi connectivity index (χ1n) is 6.85. The molecule has 0 aliphatic heterocycles. The van der Waals surface area contributed by atoms with Crippen molar-refractivity contribution in [1.29, 1.82) is 0 Å². The number of hydrogen-bond acceptors (Lipinski definition) is 5. The lowest BCUT2D eigenvalue weighted by atomic mass is 10.4. The molecule has 0 radical (unpaired) electrons. The van der Waals surface area contributed by atoms with E-state index >= 15 is 0 Å². The molecule has 2 rings (SSSR count). The number of halogens is 1. The zero-order valence-corrected chi connectivity index (χ0v) is 13.1. The summed E-state index contributed by atoms with van der Waals surface area (Å²) in [5.41, 5.74) is 1.41. The molecule has 0 bridgehead atoms. The smallest absolute Gasteiger partial charge is 0.269 e. The Morgan fingerprint density at radius 3 is 2.52 bits per heavy atom. The molecule has 2 heterocycles. The van der Waals surface area contributed by atoms with E-state index in [9.17, 15) is 4.79 Å². The minimum absolute atomic E-state index is 0.180. The highest BCUT2D eigenvalue weighted by atomic mass is 35.5. The zero-order chi connectivity index (χ0) is 15.4. The molecule has 0 fully saturated rings. The standard InChI is InChI=1S/C14H18ClN5O/c1-4-19(5-2)11-7-14(21)20(16-8-11)9-13-17-10(3)6-12(15)18-13/h6-8H,4-5,9H2,1-3H3. The molecular weight excluding hydrogens is 290 g/mol. The predicted molar refractivity (Wildman–Crippen MR) is 82.9 cm³/mol. The number of nitrogens with zero attached hydrogens (tertiary/aromatic N) is 5. The van der Waals surface area contributed by atoms with Crippen molar-refractivity contribution in [3.63, 3.8) is 0 Å². The minimum Gasteiger partial charge on any atom is -0.371 e. The van der Waals surface area contributed by atoms with Crippen molar-refractivity contribution in [2.45, 2.75) is 27.3 Å². The molecule has 0 N–H and O–H groups in total. The highest BCUT2D eigenvalue weighted by Crippen LogP contribution is 2.09. The van der Waals surface area contributed by atoms with E-state index in [1.165, 1.54) is 4.68 Å². The highest BCUT2D eigenvalue weighted by Gasteiger charge is 2.08. The number of aromatic nitrogens is 4. The summed E-state index contributed by atoms with van der Waals surface area (Å²) in [7, 11) is 0. The Morgan fingerprint density at radius 2 is 1.95 bits per heavy atom. The van der Waals surface area contributed by atoms with Crippen LogP contribution >= 0.6 is 11.6 Å². The van der Waals surface area contributed by atoms with E-state index in [0.29, 0.717) is 11.0 Å². The van der Waals surface area contributed by atoms with E-state index in [1.807, 2.05) is 20.8 Å². The fraction of sp³-hybridized carbons (Fsp3) is 0.429. The second-order valence-electron chi connectivity index (χ2n) is 4.63. The third-order valence-corrected chi connectivity index (χ3v) is 3.34. The number of aryl methyl sites for hydroxylation is 1. The number of hydrogen-bond donors (Lipinski definition) is 0. The van der Waals surface area contributed by atoms with Crippen LogP contribution in [0.5, 0.6) is 0 Å². The van der Waals surface area contributed by atoms with Crippen LogP contribution in [-0.2, 0) is 6.54 Å². The molecule has 2 aromatic rings. The lowest BCUT2D eigenvalue weighted by Gasteiger charge is -2.20. The van der Waals surface area contributed by atoms with Crippen LogP contribution in [0.15, 0.2) is 23.1 Å². The van der Waals surface area contributed by atoms with E-state index in [1.54, 1.807) is 18.3 Å². The molecule has 0 amide bonds. The maximum absolute atomic E-state index is 12.1. The minimum atomic E-state index is -0.180. The van der Waals surface area contributed by atoms with E-state index in [4.69, 9.17) is 11.6 Å². The average Bonchev–Trinajstić information content (AvgIpc) is 2.42. The molecule has 7 heteroatoms. The van der Waals surface area contributed by atoms with Gasteiger partial charge in [0.15, 0.2) is 5.82 Å². The maximum atomic E-state index is 12.1. The van der Waals surface area contributed by atoms with Crippen LogP contribution in [0.3, 0.4) is 0 Å². The highest BCUT2D eigenvalue weighted by molar-refractivity contribution is 6.29. The fourth-order valence-corrected chi connectivity index (χ4v) is 2.35. The summed E-state index contributed by atoms with van der Waals surface area (Å²) < 4.78 is 1.33. The fourth-order valence-electron chi connectivity index (χ4n) is 2.10. The Balaban J connectivity index is 2.27. The van der Waals surface area contributed by atoms with E-state index < -0.39 is 0 Å². The van der Waals surface area contributed by atoms with Crippen molar-refractivity contribution in [3.05, 3.63) is 45.4 Å². The maximum Gasteiger partial charge on any atom is 0.269 e. The van der Waals surface area contributed by atoms with Gasteiger partial charge in [-0.15, -0.1) is 0 Å². The van der Waals surface area contributed by atoms with Gasteiger partial charge in [0.25, 0.3) is 5.56 Å². The van der Waals surface area contributed by atoms with Crippen LogP contribution in [-0.4, -0.2) is 32.8 Å². The van der Waals surface area contributed by atoms with Gasteiger partial charge in [-0.3, -0.25) is 4.79 Å². The van der Waals surface area contributed by atoms with Gasteiger partial charge in [0, 0.05) is 24.8 Å². The molecule has 112 valence electrons. The predicted octanol–water partition coefficient (Wildman–Crippen LogP) is 1.89. The topological polar surface area (TPSA) is 63.9 Å². The number of anilines is 1. The lowest BCUT2D eigenvalue weighted by molar-refractivity contribution is 0.610. The summed E-state index contributed by atoms with van der Waals surface area (Å²) in [4.78, 5) is 22.6. The van der Waals surface area contributed by atoms with Gasteiger partial charge in [0.2, 0.25) is 0 Å². The van der Waals surface area contributed by atoms with Gasteiger partial charge in [-0.05, 0) is 26.8 Å². The number of rotatable bonds is 5. The third kappa shape index (κ3) is 3.78. The Morgan fingerprint density at radius 1 is 1.24 bits per heavy atom. The Labute approximate surface area is 128 Å². The van der Waals surface area contributed by atoms with Crippen LogP contribution in [0.25, 0.3) is 0 Å². The summed E-state index contributed by atoms with van der Waals surface area (Å²) in [6, 6.07) is 3.25. The molecule has 0 unspecified atom stereocenters. The Kier molecular flexibility index (Phi) is 4.90. The van der Waals surface area contributed by atoms with Crippen molar-refractivity contribution in [2.75, 3.05) is 18.0 Å². The normalized spacial score (nSPS) is 10.7. The third-order valence-electron chi connectivity index (χ3n) is 3.14. The summed E-state index contributed by atoms with van der Waals surface area (Å²) >= 11 is 5.89. The van der Waals surface area contributed by atoms with Gasteiger partial charge in [-0.2, -0.15) is 5.10 Å². The molecule has 2 aromatic heterocycles. The van der Waals surface area contributed by atoms with Gasteiger partial charge in [-0.25, -0.2) is 14.6 Å². The Bertz CT molecular complexity index is 661. The summed E-state index contributed by atoms with van der Waals surface area (Å²) in [6.07, 6.45) is 1.69. The molecule has 0 saturated heterocycles. The second kappa shape index (κ2) is 6.67. The van der Waals surface area contributed by atoms with E-state index in [2.05, 4.69) is 20.0 Å². The van der Waals surface area contributed by atoms with Crippen molar-refractivity contribution in [3.8, 4) is 0 Å². The molecule has 0 atom stereocenters. The second-order valence-corrected chi connectivity index (χ2v) is 5.02. The van der Waals surface area contributed by atoms with E-state index in [-0.39, 0.29) is 12.1 Å². The van der Waals surface area contributed by atoms with Crippen molar-refractivity contribution in [1.82, 2.24) is 19.7 Å². The average molecular weight is 308 g/mol. The molecule has 0 saturated carbocycles. The SMILES string of the molecule is CCN(CC)c1cnn(Cc2nc(C)cc(Cl)n2)c(=O)c1. The largest absolute Gasteiger partial charge is 0.371 e. The molecule has 0 aliphatic carbocycles. The van der Waals surface area contributed by atoms with Gasteiger partial charge < -0.3 is 4.90 Å². The molecule has 6 nitrogen and oxygen atoms in total. The van der Waals surface area contributed by atoms with Crippen LogP contribution in [0.2, 0.25) is 5.15 Å².